The predicted octanol–water partition coefficient (Wildman–Crippen LogP) is 4.21. The zero-order valence-corrected chi connectivity index (χ0v) is 22.5. The number of fused-ring (bicyclic) bond motifs is 5. The number of Topliss-reactive ketones (excluding diaryl/α,β-unsaturated/α-hetero) is 1. The van der Waals surface area contributed by atoms with Crippen molar-refractivity contribution >= 4 is 23.5 Å². The minimum atomic E-state index is -2.06. The lowest BCUT2D eigenvalue weighted by atomic mass is 9.43. The first-order valence-corrected chi connectivity index (χ1v) is 13.6. The first kappa shape index (κ1) is 27.7. The van der Waals surface area contributed by atoms with Gasteiger partial charge in [-0.2, -0.15) is 0 Å². The topological polar surface area (TPSA) is 107 Å². The number of carbonyl (C=O) groups excluding carboxylic acids is 4. The van der Waals surface area contributed by atoms with E-state index in [1.165, 1.54) is 12.2 Å². The Bertz CT molecular complexity index is 1060. The number of carbonyl (C=O) groups is 4. The van der Waals surface area contributed by atoms with Crippen LogP contribution in [0.3, 0.4) is 0 Å². The Morgan fingerprint density at radius 2 is 1.81 bits per heavy atom. The third kappa shape index (κ3) is 3.61. The Morgan fingerprint density at radius 1 is 1.14 bits per heavy atom. The molecule has 7 nitrogen and oxygen atoms in total. The van der Waals surface area contributed by atoms with Crippen LogP contribution in [0.2, 0.25) is 0 Å². The highest BCUT2D eigenvalue weighted by Crippen LogP contribution is 2.72. The number of aliphatic hydroxyl groups excluding tert-OH is 1. The summed E-state index contributed by atoms with van der Waals surface area (Å²) < 4.78 is 28.8. The molecule has 0 aromatic heterocycles. The zero-order chi connectivity index (χ0) is 27.4. The van der Waals surface area contributed by atoms with E-state index in [-0.39, 0.29) is 31.0 Å². The van der Waals surface area contributed by atoms with Crippen molar-refractivity contribution in [2.24, 2.45) is 28.6 Å². The third-order valence-electron chi connectivity index (χ3n) is 10.2. The van der Waals surface area contributed by atoms with Crippen LogP contribution in [0, 0.1) is 28.6 Å². The number of aliphatic hydroxyl groups is 1. The van der Waals surface area contributed by atoms with Crippen molar-refractivity contribution in [3.05, 3.63) is 23.8 Å². The Balaban J connectivity index is 1.84. The first-order valence-electron chi connectivity index (χ1n) is 13.6. The van der Waals surface area contributed by atoms with E-state index in [0.717, 1.165) is 0 Å². The molecule has 3 fully saturated rings. The molecule has 37 heavy (non-hydrogen) atoms. The van der Waals surface area contributed by atoms with Gasteiger partial charge in [-0.25, -0.2) is 4.39 Å². The van der Waals surface area contributed by atoms with Crippen molar-refractivity contribution in [2.45, 2.75) is 96.9 Å². The van der Waals surface area contributed by atoms with Gasteiger partial charge in [0.15, 0.2) is 23.7 Å². The van der Waals surface area contributed by atoms with Crippen LogP contribution >= 0.6 is 0 Å². The minimum absolute atomic E-state index is 0.0467. The number of hydrogen-bond acceptors (Lipinski definition) is 7. The highest BCUT2D eigenvalue weighted by Gasteiger charge is 2.78. The summed E-state index contributed by atoms with van der Waals surface area (Å²) in [5, 5.41) is 11.7. The molecule has 0 amide bonds. The zero-order valence-electron chi connectivity index (χ0n) is 22.5. The predicted molar refractivity (Wildman–Crippen MR) is 133 cm³/mol. The quantitative estimate of drug-likeness (QED) is 0.503. The van der Waals surface area contributed by atoms with Crippen LogP contribution < -0.4 is 0 Å². The van der Waals surface area contributed by atoms with Gasteiger partial charge in [0.25, 0.3) is 0 Å². The molecule has 0 heterocycles. The number of ether oxygens (including phenoxy) is 2. The minimum Gasteiger partial charge on any atom is -0.457 e. The molecule has 1 unspecified atom stereocenters. The molecule has 0 aliphatic heterocycles. The normalized spacial score (nSPS) is 42.2. The molecule has 8 atom stereocenters. The number of allylic oxidation sites excluding steroid dienone is 4. The maximum absolute atomic E-state index is 17.5. The van der Waals surface area contributed by atoms with Gasteiger partial charge >= 0.3 is 11.9 Å². The van der Waals surface area contributed by atoms with E-state index in [9.17, 15) is 24.3 Å². The van der Waals surface area contributed by atoms with Gasteiger partial charge in [0.2, 0.25) is 5.78 Å². The van der Waals surface area contributed by atoms with E-state index >= 15 is 4.39 Å². The lowest BCUT2D eigenvalue weighted by Crippen LogP contribution is -2.70. The highest BCUT2D eigenvalue weighted by molar-refractivity contribution is 6.01. The summed E-state index contributed by atoms with van der Waals surface area (Å²) >= 11 is 0. The average molecular weight is 519 g/mol. The molecular weight excluding hydrogens is 479 g/mol. The molecule has 204 valence electrons. The summed E-state index contributed by atoms with van der Waals surface area (Å²) in [4.78, 5) is 50.7. The van der Waals surface area contributed by atoms with E-state index in [1.807, 2.05) is 13.8 Å². The van der Waals surface area contributed by atoms with E-state index in [2.05, 4.69) is 0 Å². The standard InChI is InChI=1S/C29H39FO7/c1-6-24(34)36-16-23(33)29(37-25(35)7-2)17(4)13-21-20-10-9-18-14-19(31)11-12-26(18,5)28(20,30)22(32)15-27(21,29)8-3/h11-12,14,17,20-22,32H,6-10,13,15-16H2,1-5H3/t17-,20-,21-,22-,26-,27-,28?,29-/m0/s1. The fourth-order valence-corrected chi connectivity index (χ4v) is 8.40. The summed E-state index contributed by atoms with van der Waals surface area (Å²) in [6.07, 6.45) is 4.78. The Labute approximate surface area is 217 Å². The number of hydrogen-bond donors (Lipinski definition) is 1. The second-order valence-corrected chi connectivity index (χ2v) is 11.5. The van der Waals surface area contributed by atoms with Crippen LogP contribution in [-0.2, 0) is 28.7 Å². The number of alkyl halides is 1. The molecule has 0 saturated heterocycles. The van der Waals surface area contributed by atoms with E-state index in [0.29, 0.717) is 31.3 Å². The number of esters is 2. The van der Waals surface area contributed by atoms with Gasteiger partial charge in [-0.15, -0.1) is 0 Å². The lowest BCUT2D eigenvalue weighted by molar-refractivity contribution is -0.233. The number of rotatable bonds is 7. The summed E-state index contributed by atoms with van der Waals surface area (Å²) in [7, 11) is 0. The van der Waals surface area contributed by atoms with Crippen molar-refractivity contribution < 1.29 is 38.1 Å². The van der Waals surface area contributed by atoms with Gasteiger partial charge in [0.05, 0.1) is 6.10 Å². The van der Waals surface area contributed by atoms with Crippen LogP contribution in [-0.4, -0.2) is 52.6 Å². The van der Waals surface area contributed by atoms with E-state index in [1.54, 1.807) is 26.8 Å². The maximum atomic E-state index is 17.5. The Hall–Kier alpha value is -2.35. The van der Waals surface area contributed by atoms with Crippen LogP contribution in [0.15, 0.2) is 23.8 Å². The fraction of sp³-hybridized carbons (Fsp3) is 0.724. The van der Waals surface area contributed by atoms with E-state index < -0.39 is 64.4 Å². The average Bonchev–Trinajstić information content (AvgIpc) is 3.11. The molecule has 0 aromatic rings. The smallest absolute Gasteiger partial charge is 0.306 e. The second kappa shape index (κ2) is 9.44. The van der Waals surface area contributed by atoms with Crippen molar-refractivity contribution in [2.75, 3.05) is 6.61 Å². The molecule has 1 N–H and O–H groups in total. The van der Waals surface area contributed by atoms with Gasteiger partial charge in [0.1, 0.15) is 0 Å². The van der Waals surface area contributed by atoms with Crippen molar-refractivity contribution in [3.63, 3.8) is 0 Å². The van der Waals surface area contributed by atoms with Crippen molar-refractivity contribution in [1.82, 2.24) is 0 Å². The molecule has 3 saturated carbocycles. The van der Waals surface area contributed by atoms with Gasteiger partial charge in [0, 0.05) is 35.5 Å². The molecule has 8 heteroatoms. The summed E-state index contributed by atoms with van der Waals surface area (Å²) in [5.41, 5.74) is -5.21. The molecule has 0 radical (unpaired) electrons. The molecule has 4 rings (SSSR count). The summed E-state index contributed by atoms with van der Waals surface area (Å²) in [6.45, 7) is 8.19. The highest BCUT2D eigenvalue weighted by atomic mass is 19.1. The SMILES string of the molecule is CCC(=O)OCC(=O)[C@@]1(OC(=O)CC)[C@@H](C)C[C@H]2[C@@H]3CCC4=CC(=O)C=C[C@]4(C)C3(F)[C@@H](O)C[C@@]21CC. The van der Waals surface area contributed by atoms with Crippen molar-refractivity contribution in [1.29, 1.82) is 0 Å². The molecule has 0 bridgehead atoms. The van der Waals surface area contributed by atoms with Gasteiger partial charge < -0.3 is 14.6 Å². The number of halogens is 1. The van der Waals surface area contributed by atoms with Gasteiger partial charge in [-0.3, -0.25) is 19.2 Å². The maximum Gasteiger partial charge on any atom is 0.306 e. The third-order valence-corrected chi connectivity index (χ3v) is 10.2. The van der Waals surface area contributed by atoms with Gasteiger partial charge in [-0.05, 0) is 57.1 Å². The van der Waals surface area contributed by atoms with Gasteiger partial charge in [-0.1, -0.05) is 39.3 Å². The van der Waals surface area contributed by atoms with Crippen LogP contribution in [0.5, 0.6) is 0 Å². The molecule has 4 aliphatic carbocycles. The molecule has 0 aromatic carbocycles. The molecular formula is C29H39FO7. The monoisotopic (exact) mass is 518 g/mol. The fourth-order valence-electron chi connectivity index (χ4n) is 8.40. The van der Waals surface area contributed by atoms with Crippen LogP contribution in [0.1, 0.15) is 79.6 Å². The molecule has 4 aliphatic rings. The van der Waals surface area contributed by atoms with Crippen molar-refractivity contribution in [3.8, 4) is 0 Å². The van der Waals surface area contributed by atoms with Crippen LogP contribution in [0.25, 0.3) is 0 Å². The lowest BCUT2D eigenvalue weighted by Gasteiger charge is -2.63. The second-order valence-electron chi connectivity index (χ2n) is 11.5. The van der Waals surface area contributed by atoms with E-state index in [4.69, 9.17) is 9.47 Å². The number of ketones is 2. The molecule has 0 spiro atoms. The summed E-state index contributed by atoms with van der Waals surface area (Å²) in [5.74, 6) is -3.25. The largest absolute Gasteiger partial charge is 0.457 e. The first-order chi connectivity index (χ1) is 17.4. The summed E-state index contributed by atoms with van der Waals surface area (Å²) in [6, 6.07) is 0. The Kier molecular flexibility index (Phi) is 7.06. The van der Waals surface area contributed by atoms with Crippen LogP contribution in [0.4, 0.5) is 4.39 Å². The Morgan fingerprint density at radius 3 is 2.43 bits per heavy atom.